The van der Waals surface area contributed by atoms with Crippen molar-refractivity contribution in [1.82, 2.24) is 16.0 Å². The van der Waals surface area contributed by atoms with E-state index in [1.165, 1.54) is 12.1 Å². The van der Waals surface area contributed by atoms with Crippen molar-refractivity contribution in [3.05, 3.63) is 29.8 Å². The number of carbonyl (C=O) groups is 5. The van der Waals surface area contributed by atoms with Gasteiger partial charge in [0.05, 0.1) is 6.04 Å². The van der Waals surface area contributed by atoms with Crippen LogP contribution >= 0.6 is 0 Å². The number of rotatable bonds is 18. The first kappa shape index (κ1) is 33.3. The van der Waals surface area contributed by atoms with Gasteiger partial charge in [0, 0.05) is 12.8 Å². The number of benzene rings is 1. The largest absolute Gasteiger partial charge is 0.508 e. The number of aromatic hydroxyl groups is 1. The molecule has 5 atom stereocenters. The lowest BCUT2D eigenvalue weighted by molar-refractivity contribution is -0.142. The maximum atomic E-state index is 13.4. The normalized spacial score (nSPS) is 14.8. The highest BCUT2D eigenvalue weighted by Gasteiger charge is 2.31. The van der Waals surface area contributed by atoms with Crippen molar-refractivity contribution in [3.8, 4) is 5.75 Å². The average molecular weight is 551 g/mol. The molecule has 0 saturated carbocycles. The van der Waals surface area contributed by atoms with Crippen LogP contribution in [0, 0.1) is 5.92 Å². The lowest BCUT2D eigenvalue weighted by atomic mass is 9.98. The highest BCUT2D eigenvalue weighted by molar-refractivity contribution is 5.94. The molecule has 11 N–H and O–H groups in total. The number of unbranched alkanes of at least 4 members (excludes halogenated alkanes) is 1. The van der Waals surface area contributed by atoms with Gasteiger partial charge in [0.2, 0.25) is 23.6 Å². The van der Waals surface area contributed by atoms with Gasteiger partial charge in [0.15, 0.2) is 0 Å². The van der Waals surface area contributed by atoms with Crippen molar-refractivity contribution in [1.29, 1.82) is 0 Å². The van der Waals surface area contributed by atoms with Crippen LogP contribution in [-0.2, 0) is 30.4 Å². The lowest BCUT2D eigenvalue weighted by Gasteiger charge is -2.26. The summed E-state index contributed by atoms with van der Waals surface area (Å²) in [5.41, 5.74) is 17.3. The Morgan fingerprint density at radius 3 is 1.97 bits per heavy atom. The third kappa shape index (κ3) is 12.1. The monoisotopic (exact) mass is 550 g/mol. The van der Waals surface area contributed by atoms with Crippen LogP contribution in [0.5, 0.6) is 5.75 Å². The van der Waals surface area contributed by atoms with Gasteiger partial charge >= 0.3 is 5.97 Å². The number of nitrogens with one attached hydrogen (secondary N) is 3. The molecule has 0 radical (unpaired) electrons. The SMILES string of the molecule is CCC(C)C(N)C(=O)NC(Cc1ccc(O)cc1)C(=O)NC(CCC(N)=O)C(=O)NC(CCCCN)C(=O)O. The molecule has 1 aromatic rings. The smallest absolute Gasteiger partial charge is 0.326 e. The molecule has 0 aliphatic heterocycles. The number of hydrogen-bond acceptors (Lipinski definition) is 8. The molecule has 0 aliphatic rings. The Kier molecular flexibility index (Phi) is 14.5. The van der Waals surface area contributed by atoms with Crippen LogP contribution in [0.1, 0.15) is 57.9 Å². The molecule has 0 heterocycles. The number of amides is 4. The Bertz CT molecular complexity index is 972. The molecular weight excluding hydrogens is 508 g/mol. The number of aliphatic carboxylic acids is 1. The number of phenols is 1. The third-order valence-electron chi connectivity index (χ3n) is 6.44. The van der Waals surface area contributed by atoms with Gasteiger partial charge < -0.3 is 43.4 Å². The maximum absolute atomic E-state index is 13.4. The van der Waals surface area contributed by atoms with Gasteiger partial charge in [0.25, 0.3) is 0 Å². The molecule has 0 fully saturated rings. The molecule has 0 aliphatic carbocycles. The summed E-state index contributed by atoms with van der Waals surface area (Å²) in [6.07, 6.45) is 1.36. The van der Waals surface area contributed by atoms with Crippen LogP contribution < -0.4 is 33.2 Å². The highest BCUT2D eigenvalue weighted by Crippen LogP contribution is 2.13. The van der Waals surface area contributed by atoms with Crippen molar-refractivity contribution < 1.29 is 34.2 Å². The Morgan fingerprint density at radius 1 is 0.872 bits per heavy atom. The zero-order valence-corrected chi connectivity index (χ0v) is 22.5. The first-order valence-corrected chi connectivity index (χ1v) is 13.0. The fourth-order valence-corrected chi connectivity index (χ4v) is 3.71. The zero-order valence-electron chi connectivity index (χ0n) is 22.5. The second kappa shape index (κ2) is 17.0. The minimum absolute atomic E-state index is 0.00603. The van der Waals surface area contributed by atoms with Gasteiger partial charge in [-0.3, -0.25) is 19.2 Å². The van der Waals surface area contributed by atoms with E-state index in [0.717, 1.165) is 0 Å². The van der Waals surface area contributed by atoms with Crippen molar-refractivity contribution >= 4 is 29.6 Å². The maximum Gasteiger partial charge on any atom is 0.326 e. The summed E-state index contributed by atoms with van der Waals surface area (Å²) in [6, 6.07) is 1.43. The van der Waals surface area contributed by atoms with E-state index in [1.807, 2.05) is 6.92 Å². The van der Waals surface area contributed by atoms with E-state index in [9.17, 15) is 34.2 Å². The molecule has 13 nitrogen and oxygen atoms in total. The number of carboxylic acids is 1. The summed E-state index contributed by atoms with van der Waals surface area (Å²) < 4.78 is 0. The molecule has 0 aromatic heterocycles. The third-order valence-corrected chi connectivity index (χ3v) is 6.44. The molecule has 218 valence electrons. The second-order valence-electron chi connectivity index (χ2n) is 9.59. The molecule has 5 unspecified atom stereocenters. The first-order chi connectivity index (χ1) is 18.4. The summed E-state index contributed by atoms with van der Waals surface area (Å²) in [5.74, 6) is -4.23. The van der Waals surface area contributed by atoms with Gasteiger partial charge in [-0.25, -0.2) is 4.79 Å². The predicted molar refractivity (Wildman–Crippen MR) is 144 cm³/mol. The summed E-state index contributed by atoms with van der Waals surface area (Å²) in [6.45, 7) is 4.04. The second-order valence-corrected chi connectivity index (χ2v) is 9.59. The minimum Gasteiger partial charge on any atom is -0.508 e. The van der Waals surface area contributed by atoms with Gasteiger partial charge in [-0.15, -0.1) is 0 Å². The summed E-state index contributed by atoms with van der Waals surface area (Å²) >= 11 is 0. The van der Waals surface area contributed by atoms with Crippen molar-refractivity contribution in [2.24, 2.45) is 23.1 Å². The number of hydrogen-bond donors (Lipinski definition) is 8. The Labute approximate surface area is 228 Å². The molecule has 1 aromatic carbocycles. The van der Waals surface area contributed by atoms with E-state index in [-0.39, 0.29) is 37.4 Å². The van der Waals surface area contributed by atoms with E-state index >= 15 is 0 Å². The average Bonchev–Trinajstić information content (AvgIpc) is 2.89. The predicted octanol–water partition coefficient (Wildman–Crippen LogP) is -0.758. The Morgan fingerprint density at radius 2 is 1.44 bits per heavy atom. The highest BCUT2D eigenvalue weighted by atomic mass is 16.4. The van der Waals surface area contributed by atoms with Crippen LogP contribution in [0.15, 0.2) is 24.3 Å². The van der Waals surface area contributed by atoms with E-state index < -0.39 is 53.8 Å². The molecule has 13 heteroatoms. The van der Waals surface area contributed by atoms with Gasteiger partial charge in [-0.2, -0.15) is 0 Å². The Balaban J connectivity index is 3.16. The standard InChI is InChI=1S/C26H42N6O7/c1-3-15(2)22(29)25(37)32-20(14-16-7-9-17(33)10-8-16)24(36)30-18(11-12-21(28)34)23(35)31-19(26(38)39)6-4-5-13-27/h7-10,15,18-20,22,33H,3-6,11-14,27,29H2,1-2H3,(H2,28,34)(H,30,36)(H,31,35)(H,32,37)(H,38,39). The van der Waals surface area contributed by atoms with Crippen LogP contribution in [0.3, 0.4) is 0 Å². The Hall–Kier alpha value is -3.71. The fourth-order valence-electron chi connectivity index (χ4n) is 3.71. The van der Waals surface area contributed by atoms with E-state index in [1.54, 1.807) is 19.1 Å². The topological polar surface area (TPSA) is 240 Å². The minimum atomic E-state index is -1.30. The van der Waals surface area contributed by atoms with E-state index in [4.69, 9.17) is 17.2 Å². The van der Waals surface area contributed by atoms with Crippen molar-refractivity contribution in [2.75, 3.05) is 6.54 Å². The van der Waals surface area contributed by atoms with Gasteiger partial charge in [0.1, 0.15) is 23.9 Å². The van der Waals surface area contributed by atoms with E-state index in [2.05, 4.69) is 16.0 Å². The van der Waals surface area contributed by atoms with E-state index in [0.29, 0.717) is 31.4 Å². The fraction of sp³-hybridized carbons (Fsp3) is 0.577. The lowest BCUT2D eigenvalue weighted by Crippen LogP contribution is -2.58. The molecule has 0 spiro atoms. The molecule has 4 amide bonds. The van der Waals surface area contributed by atoms with Crippen LogP contribution in [0.2, 0.25) is 0 Å². The number of carbonyl (C=O) groups excluding carboxylic acids is 4. The van der Waals surface area contributed by atoms with Crippen molar-refractivity contribution in [2.45, 2.75) is 83.0 Å². The molecular formula is C26H42N6O7. The summed E-state index contributed by atoms with van der Waals surface area (Å²) in [4.78, 5) is 62.3. The number of primary amides is 1. The quantitative estimate of drug-likeness (QED) is 0.107. The van der Waals surface area contributed by atoms with Crippen LogP contribution in [0.4, 0.5) is 0 Å². The molecule has 0 saturated heterocycles. The number of phenolic OH excluding ortho intramolecular Hbond substituents is 1. The number of nitrogens with two attached hydrogens (primary N) is 3. The summed E-state index contributed by atoms with van der Waals surface area (Å²) in [7, 11) is 0. The molecule has 1 rings (SSSR count). The van der Waals surface area contributed by atoms with Crippen LogP contribution in [0.25, 0.3) is 0 Å². The van der Waals surface area contributed by atoms with Crippen molar-refractivity contribution in [3.63, 3.8) is 0 Å². The summed E-state index contributed by atoms with van der Waals surface area (Å²) in [5, 5.41) is 26.6. The molecule has 0 bridgehead atoms. The van der Waals surface area contributed by atoms with Crippen LogP contribution in [-0.4, -0.2) is 70.5 Å². The zero-order chi connectivity index (χ0) is 29.5. The van der Waals surface area contributed by atoms with Gasteiger partial charge in [-0.05, 0) is 55.8 Å². The molecule has 39 heavy (non-hydrogen) atoms. The van der Waals surface area contributed by atoms with Gasteiger partial charge in [-0.1, -0.05) is 32.4 Å². The number of carboxylic acid groups (broad SMARTS) is 1. The first-order valence-electron chi connectivity index (χ1n) is 13.0.